The van der Waals surface area contributed by atoms with E-state index in [-0.39, 0.29) is 30.9 Å². The predicted octanol–water partition coefficient (Wildman–Crippen LogP) is 1.61. The highest BCUT2D eigenvalue weighted by Crippen LogP contribution is 2.23. The minimum absolute atomic E-state index is 0.0680. The Balaban J connectivity index is 1.81. The molecule has 2 rings (SSSR count). The van der Waals surface area contributed by atoms with Gasteiger partial charge in [0.15, 0.2) is 0 Å². The van der Waals surface area contributed by atoms with Crippen LogP contribution in [0.15, 0.2) is 0 Å². The molecule has 21 heavy (non-hydrogen) atoms. The van der Waals surface area contributed by atoms with Crippen molar-refractivity contribution < 1.29 is 23.9 Å². The fourth-order valence-electron chi connectivity index (χ4n) is 2.47. The van der Waals surface area contributed by atoms with Gasteiger partial charge in [0.25, 0.3) is 0 Å². The third-order valence-corrected chi connectivity index (χ3v) is 3.46. The van der Waals surface area contributed by atoms with Crippen LogP contribution in [0.1, 0.15) is 33.6 Å². The molecule has 0 aliphatic carbocycles. The summed E-state index contributed by atoms with van der Waals surface area (Å²) >= 11 is 0. The van der Waals surface area contributed by atoms with E-state index in [1.165, 1.54) is 0 Å². The van der Waals surface area contributed by atoms with Gasteiger partial charge < -0.3 is 14.4 Å². The molecule has 2 heterocycles. The van der Waals surface area contributed by atoms with Crippen molar-refractivity contribution in [1.29, 1.82) is 0 Å². The maximum absolute atomic E-state index is 12.0. The molecule has 2 aliphatic heterocycles. The van der Waals surface area contributed by atoms with Gasteiger partial charge in [0.05, 0.1) is 6.54 Å². The minimum atomic E-state index is -0.568. The number of hydrogen-bond acceptors (Lipinski definition) is 5. The molecule has 2 aliphatic rings. The predicted molar refractivity (Wildman–Crippen MR) is 73.6 cm³/mol. The van der Waals surface area contributed by atoms with Gasteiger partial charge in [-0.1, -0.05) is 0 Å². The van der Waals surface area contributed by atoms with Crippen LogP contribution in [0.5, 0.6) is 0 Å². The monoisotopic (exact) mass is 298 g/mol. The molecular weight excluding hydrogens is 276 g/mol. The smallest absolute Gasteiger partial charge is 0.416 e. The van der Waals surface area contributed by atoms with E-state index in [2.05, 4.69) is 0 Å². The van der Waals surface area contributed by atoms with Crippen LogP contribution in [0, 0.1) is 5.92 Å². The van der Waals surface area contributed by atoms with Gasteiger partial charge in [0.1, 0.15) is 12.2 Å². The quantitative estimate of drug-likeness (QED) is 0.774. The summed E-state index contributed by atoms with van der Waals surface area (Å²) < 4.78 is 10.1. The number of amides is 3. The van der Waals surface area contributed by atoms with E-state index in [4.69, 9.17) is 9.47 Å². The Morgan fingerprint density at radius 2 is 2.05 bits per heavy atom. The van der Waals surface area contributed by atoms with Crippen molar-refractivity contribution in [3.8, 4) is 0 Å². The number of cyclic esters (lactones) is 1. The van der Waals surface area contributed by atoms with Gasteiger partial charge in [0.2, 0.25) is 5.91 Å². The van der Waals surface area contributed by atoms with Gasteiger partial charge in [-0.3, -0.25) is 4.79 Å². The minimum Gasteiger partial charge on any atom is -0.447 e. The van der Waals surface area contributed by atoms with Crippen molar-refractivity contribution in [3.63, 3.8) is 0 Å². The Bertz CT molecular complexity index is 443. The van der Waals surface area contributed by atoms with Crippen LogP contribution in [0.2, 0.25) is 0 Å². The van der Waals surface area contributed by atoms with Crippen LogP contribution < -0.4 is 0 Å². The topological polar surface area (TPSA) is 76.2 Å². The number of ether oxygens (including phenoxy) is 2. The molecule has 0 aromatic heterocycles. The summed E-state index contributed by atoms with van der Waals surface area (Å²) in [4.78, 5) is 38.0. The van der Waals surface area contributed by atoms with Crippen molar-refractivity contribution in [2.75, 3.05) is 26.2 Å². The first-order valence-electron chi connectivity index (χ1n) is 7.21. The summed E-state index contributed by atoms with van der Waals surface area (Å²) in [6.07, 6.45) is 0.0856. The van der Waals surface area contributed by atoms with Crippen molar-refractivity contribution in [3.05, 3.63) is 0 Å². The number of likely N-dealkylation sites (tertiary alicyclic amines) is 1. The highest BCUT2D eigenvalue weighted by atomic mass is 16.6. The maximum Gasteiger partial charge on any atom is 0.416 e. The molecule has 7 heteroatoms. The van der Waals surface area contributed by atoms with E-state index >= 15 is 0 Å². The van der Waals surface area contributed by atoms with Gasteiger partial charge in [0, 0.05) is 19.5 Å². The van der Waals surface area contributed by atoms with E-state index in [9.17, 15) is 14.4 Å². The lowest BCUT2D eigenvalue weighted by Gasteiger charge is -2.24. The van der Waals surface area contributed by atoms with Gasteiger partial charge in [-0.15, -0.1) is 0 Å². The van der Waals surface area contributed by atoms with Crippen LogP contribution in [0.4, 0.5) is 9.59 Å². The van der Waals surface area contributed by atoms with Crippen molar-refractivity contribution in [1.82, 2.24) is 9.80 Å². The number of rotatable bonds is 2. The average Bonchev–Trinajstić information content (AvgIpc) is 2.95. The summed E-state index contributed by atoms with van der Waals surface area (Å²) in [7, 11) is 0. The molecule has 0 radical (unpaired) electrons. The molecule has 1 unspecified atom stereocenters. The molecule has 1 atom stereocenters. The SMILES string of the molecule is CC(C)(C)OC(=O)N1CCC(CC(=O)N2CCOC2=O)C1. The first-order chi connectivity index (χ1) is 9.76. The summed E-state index contributed by atoms with van der Waals surface area (Å²) in [5.41, 5.74) is -0.524. The maximum atomic E-state index is 12.0. The van der Waals surface area contributed by atoms with E-state index in [0.717, 1.165) is 11.3 Å². The number of hydrogen-bond donors (Lipinski definition) is 0. The molecule has 3 amide bonds. The van der Waals surface area contributed by atoms with Gasteiger partial charge >= 0.3 is 12.2 Å². The molecule has 0 N–H and O–H groups in total. The lowest BCUT2D eigenvalue weighted by atomic mass is 10.0. The highest BCUT2D eigenvalue weighted by molar-refractivity contribution is 5.93. The number of carbonyl (C=O) groups excluding carboxylic acids is 3. The van der Waals surface area contributed by atoms with Gasteiger partial charge in [-0.2, -0.15) is 0 Å². The molecule has 2 saturated heterocycles. The molecular formula is C14H22N2O5. The van der Waals surface area contributed by atoms with Crippen LogP contribution in [0.25, 0.3) is 0 Å². The molecule has 0 spiro atoms. The Morgan fingerprint density at radius 3 is 2.62 bits per heavy atom. The molecule has 118 valence electrons. The Morgan fingerprint density at radius 1 is 1.33 bits per heavy atom. The van der Waals surface area contributed by atoms with Crippen LogP contribution >= 0.6 is 0 Å². The zero-order valence-electron chi connectivity index (χ0n) is 12.8. The lowest BCUT2D eigenvalue weighted by molar-refractivity contribution is -0.128. The summed E-state index contributed by atoms with van der Waals surface area (Å²) in [6.45, 7) is 7.11. The lowest BCUT2D eigenvalue weighted by Crippen LogP contribution is -2.36. The summed E-state index contributed by atoms with van der Waals surface area (Å²) in [6, 6.07) is 0. The van der Waals surface area contributed by atoms with Crippen molar-refractivity contribution in [2.45, 2.75) is 39.2 Å². The fourth-order valence-corrected chi connectivity index (χ4v) is 2.47. The molecule has 2 fully saturated rings. The van der Waals surface area contributed by atoms with Crippen molar-refractivity contribution in [2.24, 2.45) is 5.92 Å². The third kappa shape index (κ3) is 4.09. The van der Waals surface area contributed by atoms with Crippen LogP contribution in [-0.2, 0) is 14.3 Å². The number of imide groups is 1. The second-order valence-electron chi connectivity index (χ2n) is 6.44. The molecule has 0 aromatic rings. The standard InChI is InChI=1S/C14H22N2O5/c1-14(2,3)21-12(18)15-5-4-10(9-15)8-11(17)16-6-7-20-13(16)19/h10H,4-9H2,1-3H3. The fraction of sp³-hybridized carbons (Fsp3) is 0.786. The Labute approximate surface area is 124 Å². The summed E-state index contributed by atoms with van der Waals surface area (Å²) in [5.74, 6) is -0.160. The molecule has 0 aromatic carbocycles. The van der Waals surface area contributed by atoms with E-state index in [1.54, 1.807) is 4.90 Å². The first-order valence-corrected chi connectivity index (χ1v) is 7.21. The van der Waals surface area contributed by atoms with Crippen LogP contribution in [-0.4, -0.2) is 59.7 Å². The first kappa shape index (κ1) is 15.6. The van der Waals surface area contributed by atoms with E-state index in [1.807, 2.05) is 20.8 Å². The number of carbonyl (C=O) groups is 3. The molecule has 0 saturated carbocycles. The molecule has 0 bridgehead atoms. The second-order valence-corrected chi connectivity index (χ2v) is 6.44. The van der Waals surface area contributed by atoms with Crippen molar-refractivity contribution >= 4 is 18.1 Å². The summed E-state index contributed by atoms with van der Waals surface area (Å²) in [5, 5.41) is 0. The van der Waals surface area contributed by atoms with E-state index in [0.29, 0.717) is 19.6 Å². The second kappa shape index (κ2) is 5.91. The zero-order valence-corrected chi connectivity index (χ0v) is 12.8. The largest absolute Gasteiger partial charge is 0.447 e. The highest BCUT2D eigenvalue weighted by Gasteiger charge is 2.34. The van der Waals surface area contributed by atoms with Gasteiger partial charge in [-0.05, 0) is 33.1 Å². The van der Waals surface area contributed by atoms with Crippen LogP contribution in [0.3, 0.4) is 0 Å². The average molecular weight is 298 g/mol. The third-order valence-electron chi connectivity index (χ3n) is 3.46. The molecule has 7 nitrogen and oxygen atoms in total. The Kier molecular flexibility index (Phi) is 4.39. The van der Waals surface area contributed by atoms with E-state index < -0.39 is 11.7 Å². The zero-order chi connectivity index (χ0) is 15.6. The number of nitrogens with zero attached hydrogens (tertiary/aromatic N) is 2. The Hall–Kier alpha value is -1.79. The normalized spacial score (nSPS) is 22.4. The van der Waals surface area contributed by atoms with Gasteiger partial charge in [-0.25, -0.2) is 14.5 Å².